The predicted molar refractivity (Wildman–Crippen MR) is 105 cm³/mol. The first-order valence-electron chi connectivity index (χ1n) is 9.73. The van der Waals surface area contributed by atoms with Gasteiger partial charge < -0.3 is 5.32 Å². The van der Waals surface area contributed by atoms with Gasteiger partial charge in [0.15, 0.2) is 0 Å². The van der Waals surface area contributed by atoms with Crippen LogP contribution in [0.25, 0.3) is 0 Å². The average Bonchev–Trinajstić information content (AvgIpc) is 3.12. The van der Waals surface area contributed by atoms with E-state index in [9.17, 15) is 9.59 Å². The number of fused-ring (bicyclic) bond motifs is 2. The number of amides is 3. The second-order valence-corrected chi connectivity index (χ2v) is 7.51. The lowest BCUT2D eigenvalue weighted by Gasteiger charge is -2.44. The van der Waals surface area contributed by atoms with Crippen molar-refractivity contribution >= 4 is 17.6 Å². The van der Waals surface area contributed by atoms with Gasteiger partial charge in [0.2, 0.25) is 5.91 Å². The van der Waals surface area contributed by atoms with Crippen molar-refractivity contribution < 1.29 is 9.59 Å². The molecule has 0 spiro atoms. The first kappa shape index (κ1) is 17.4. The summed E-state index contributed by atoms with van der Waals surface area (Å²) in [5.74, 6) is -0.545. The highest BCUT2D eigenvalue weighted by molar-refractivity contribution is 6.17. The molecule has 0 radical (unpaired) electrons. The highest BCUT2D eigenvalue weighted by atomic mass is 16.2. The topological polar surface area (TPSA) is 85.5 Å². The van der Waals surface area contributed by atoms with Crippen LogP contribution < -0.4 is 26.2 Å². The van der Waals surface area contributed by atoms with E-state index in [1.165, 1.54) is 16.0 Å². The first-order valence-corrected chi connectivity index (χ1v) is 9.73. The third-order valence-corrected chi connectivity index (χ3v) is 5.83. The maximum absolute atomic E-state index is 13.0. The molecule has 0 aromatic heterocycles. The molecule has 2 aliphatic heterocycles. The summed E-state index contributed by atoms with van der Waals surface area (Å²) in [6.07, 6.45) is 1.54. The van der Waals surface area contributed by atoms with Crippen LogP contribution in [0.3, 0.4) is 0 Å². The number of anilines is 1. The van der Waals surface area contributed by atoms with Gasteiger partial charge in [-0.2, -0.15) is 0 Å². The van der Waals surface area contributed by atoms with Crippen LogP contribution in [0, 0.1) is 5.92 Å². The molecule has 4 atom stereocenters. The molecule has 5 rings (SSSR count). The summed E-state index contributed by atoms with van der Waals surface area (Å²) in [4.78, 5) is 26.8. The van der Waals surface area contributed by atoms with Crippen LogP contribution in [0.4, 0.5) is 10.5 Å². The second kappa shape index (κ2) is 7.01. The summed E-state index contributed by atoms with van der Waals surface area (Å²) in [7, 11) is 0. The number of aryl methyl sites for hydroxylation is 1. The molecule has 2 aromatic rings. The summed E-state index contributed by atoms with van der Waals surface area (Å²) >= 11 is 0. The number of carbonyl (C=O) groups is 2. The molecule has 3 aliphatic rings. The molecule has 0 saturated carbocycles. The molecular weight excluding hydrogens is 354 g/mol. The number of nitrogens with zero attached hydrogens (tertiary/aromatic N) is 1. The van der Waals surface area contributed by atoms with Gasteiger partial charge in [-0.3, -0.25) is 20.7 Å². The van der Waals surface area contributed by atoms with Gasteiger partial charge in [0, 0.05) is 12.6 Å². The summed E-state index contributed by atoms with van der Waals surface area (Å²) in [5.41, 5.74) is 3.30. The van der Waals surface area contributed by atoms with Crippen molar-refractivity contribution in [2.75, 3.05) is 11.4 Å². The molecule has 7 nitrogen and oxygen atoms in total. The van der Waals surface area contributed by atoms with Gasteiger partial charge in [-0.15, -0.1) is 0 Å². The quantitative estimate of drug-likeness (QED) is 0.650. The second-order valence-electron chi connectivity index (χ2n) is 7.51. The predicted octanol–water partition coefficient (Wildman–Crippen LogP) is 1.44. The van der Waals surface area contributed by atoms with Gasteiger partial charge in [0.1, 0.15) is 6.29 Å². The van der Waals surface area contributed by atoms with Crippen LogP contribution >= 0.6 is 0 Å². The molecule has 2 aromatic carbocycles. The lowest BCUT2D eigenvalue weighted by atomic mass is 9.99. The van der Waals surface area contributed by atoms with Gasteiger partial charge in [-0.25, -0.2) is 9.69 Å². The number of hydrogen-bond acceptors (Lipinski definition) is 5. The van der Waals surface area contributed by atoms with E-state index in [-0.39, 0.29) is 24.2 Å². The van der Waals surface area contributed by atoms with Gasteiger partial charge in [-0.05, 0) is 36.1 Å². The normalized spacial score (nSPS) is 29.2. The lowest BCUT2D eigenvalue weighted by molar-refractivity contribution is -0.124. The Balaban J connectivity index is 1.28. The van der Waals surface area contributed by atoms with E-state index in [0.29, 0.717) is 12.2 Å². The van der Waals surface area contributed by atoms with E-state index in [1.54, 1.807) is 12.1 Å². The fraction of sp³-hybridized carbons (Fsp3) is 0.333. The van der Waals surface area contributed by atoms with Crippen molar-refractivity contribution in [3.63, 3.8) is 0 Å². The Hall–Kier alpha value is -2.74. The number of para-hydroxylation sites is 1. The average molecular weight is 377 g/mol. The van der Waals surface area contributed by atoms with Crippen LogP contribution in [0.2, 0.25) is 0 Å². The van der Waals surface area contributed by atoms with Gasteiger partial charge >= 0.3 is 6.03 Å². The Morgan fingerprint density at radius 3 is 2.64 bits per heavy atom. The SMILES string of the molecule is O=C1NC2NC(NC3CCc4ccccc43)NCC2C(=O)N1c1ccccc1. The Labute approximate surface area is 163 Å². The van der Waals surface area contributed by atoms with E-state index in [0.717, 1.165) is 12.8 Å². The monoisotopic (exact) mass is 377 g/mol. The lowest BCUT2D eigenvalue weighted by Crippen LogP contribution is -2.75. The molecule has 144 valence electrons. The van der Waals surface area contributed by atoms with Gasteiger partial charge in [0.05, 0.1) is 17.8 Å². The molecule has 28 heavy (non-hydrogen) atoms. The zero-order valence-corrected chi connectivity index (χ0v) is 15.4. The number of hydrogen-bond donors (Lipinski definition) is 4. The minimum Gasteiger partial charge on any atom is -0.321 e. The largest absolute Gasteiger partial charge is 0.330 e. The molecule has 7 heteroatoms. The van der Waals surface area contributed by atoms with Crippen molar-refractivity contribution in [2.24, 2.45) is 5.92 Å². The third kappa shape index (κ3) is 2.97. The molecule has 4 unspecified atom stereocenters. The molecule has 4 N–H and O–H groups in total. The van der Waals surface area contributed by atoms with Crippen molar-refractivity contribution in [1.82, 2.24) is 21.3 Å². The van der Waals surface area contributed by atoms with Crippen molar-refractivity contribution in [3.8, 4) is 0 Å². The summed E-state index contributed by atoms with van der Waals surface area (Å²) < 4.78 is 0. The zero-order chi connectivity index (χ0) is 19.1. The van der Waals surface area contributed by atoms with Crippen LogP contribution in [-0.2, 0) is 11.2 Å². The zero-order valence-electron chi connectivity index (χ0n) is 15.4. The fourth-order valence-electron chi connectivity index (χ4n) is 4.41. The minimum absolute atomic E-state index is 0.172. The van der Waals surface area contributed by atoms with Crippen LogP contribution in [0.1, 0.15) is 23.6 Å². The van der Waals surface area contributed by atoms with E-state index in [2.05, 4.69) is 45.5 Å². The molecule has 3 amide bonds. The van der Waals surface area contributed by atoms with Crippen molar-refractivity contribution in [3.05, 3.63) is 65.7 Å². The number of benzene rings is 2. The number of rotatable bonds is 3. The van der Waals surface area contributed by atoms with Crippen LogP contribution in [0.15, 0.2) is 54.6 Å². The maximum Gasteiger partial charge on any atom is 0.330 e. The first-order chi connectivity index (χ1) is 13.7. The highest BCUT2D eigenvalue weighted by Gasteiger charge is 2.45. The fourth-order valence-corrected chi connectivity index (χ4v) is 4.41. The summed E-state index contributed by atoms with van der Waals surface area (Å²) in [6.45, 7) is 0.492. The third-order valence-electron chi connectivity index (χ3n) is 5.83. The van der Waals surface area contributed by atoms with Gasteiger partial charge in [-0.1, -0.05) is 42.5 Å². The number of imide groups is 1. The Morgan fingerprint density at radius 2 is 1.79 bits per heavy atom. The van der Waals surface area contributed by atoms with Crippen molar-refractivity contribution in [2.45, 2.75) is 31.3 Å². The van der Waals surface area contributed by atoms with E-state index in [4.69, 9.17) is 0 Å². The number of nitrogens with one attached hydrogen (secondary N) is 4. The standard InChI is InChI=1S/C21H23N5O2/c27-19-16-12-22-20(23-17-11-10-13-6-4-5-9-15(13)17)24-18(16)25-21(28)26(19)14-7-2-1-3-8-14/h1-9,16-18,20,22-24H,10-12H2,(H,25,28). The van der Waals surface area contributed by atoms with E-state index < -0.39 is 12.2 Å². The van der Waals surface area contributed by atoms with Crippen LogP contribution in [-0.4, -0.2) is 30.9 Å². The molecule has 2 saturated heterocycles. The molecule has 1 aliphatic carbocycles. The number of urea groups is 1. The maximum atomic E-state index is 13.0. The Bertz CT molecular complexity index is 903. The Kier molecular flexibility index (Phi) is 4.35. The van der Waals surface area contributed by atoms with E-state index >= 15 is 0 Å². The molecule has 2 fully saturated rings. The van der Waals surface area contributed by atoms with Crippen LogP contribution in [0.5, 0.6) is 0 Å². The smallest absolute Gasteiger partial charge is 0.321 e. The van der Waals surface area contributed by atoms with E-state index in [1.807, 2.05) is 18.2 Å². The summed E-state index contributed by atoms with van der Waals surface area (Å²) in [5, 5.41) is 13.2. The number of carbonyl (C=O) groups excluding carboxylic acids is 2. The summed E-state index contributed by atoms with van der Waals surface area (Å²) in [6, 6.07) is 17.4. The molecular formula is C21H23N5O2. The molecule has 0 bridgehead atoms. The Morgan fingerprint density at radius 1 is 1.00 bits per heavy atom. The van der Waals surface area contributed by atoms with Gasteiger partial charge in [0.25, 0.3) is 0 Å². The van der Waals surface area contributed by atoms with Crippen molar-refractivity contribution in [1.29, 1.82) is 0 Å². The highest BCUT2D eigenvalue weighted by Crippen LogP contribution is 2.31. The molecule has 2 heterocycles. The minimum atomic E-state index is -0.393.